The lowest BCUT2D eigenvalue weighted by Gasteiger charge is -2.65. The predicted molar refractivity (Wildman–Crippen MR) is 133 cm³/mol. The zero-order valence-electron chi connectivity index (χ0n) is 19.3. The molecule has 4 aliphatic carbocycles. The third-order valence-electron chi connectivity index (χ3n) is 7.88. The number of rotatable bonds is 7. The molecule has 4 fully saturated rings. The van der Waals surface area contributed by atoms with E-state index in [2.05, 4.69) is 47.2 Å². The van der Waals surface area contributed by atoms with Gasteiger partial charge in [-0.15, -0.1) is 0 Å². The number of nitrogens with one attached hydrogen (secondary N) is 1. The Kier molecular flexibility index (Phi) is 5.79. The predicted octanol–water partition coefficient (Wildman–Crippen LogP) is 7.53. The Balaban J connectivity index is 1.30. The van der Waals surface area contributed by atoms with Crippen molar-refractivity contribution in [1.82, 2.24) is 5.32 Å². The molecule has 2 aromatic carbocycles. The molecule has 1 N–H and O–H groups in total. The first-order valence-corrected chi connectivity index (χ1v) is 12.8. The van der Waals surface area contributed by atoms with Gasteiger partial charge in [-0.05, 0) is 107 Å². The van der Waals surface area contributed by atoms with Gasteiger partial charge >= 0.3 is 0 Å². The second-order valence-corrected chi connectivity index (χ2v) is 12.6. The minimum absolute atomic E-state index is 0.284. The normalized spacial score (nSPS) is 32.8. The van der Waals surface area contributed by atoms with Gasteiger partial charge < -0.3 is 14.8 Å². The van der Waals surface area contributed by atoms with Gasteiger partial charge in [0.25, 0.3) is 0 Å². The van der Waals surface area contributed by atoms with Crippen LogP contribution in [0.1, 0.15) is 63.5 Å². The molecule has 2 unspecified atom stereocenters. The molecular weight excluding hydrogens is 486 g/mol. The Morgan fingerprint density at radius 1 is 1.00 bits per heavy atom. The monoisotopic (exact) mass is 517 g/mol. The fourth-order valence-electron chi connectivity index (χ4n) is 7.69. The average Bonchev–Trinajstić information content (AvgIpc) is 2.70. The van der Waals surface area contributed by atoms with Crippen LogP contribution in [0.2, 0.25) is 5.02 Å². The number of hydrogen-bond donors (Lipinski definition) is 1. The summed E-state index contributed by atoms with van der Waals surface area (Å²) in [4.78, 5) is 0. The molecular formula is C27H33BrClNO2. The van der Waals surface area contributed by atoms with Crippen LogP contribution in [0.4, 0.5) is 0 Å². The van der Waals surface area contributed by atoms with Gasteiger partial charge in [0, 0.05) is 17.1 Å². The third-order valence-corrected chi connectivity index (χ3v) is 8.72. The van der Waals surface area contributed by atoms with Crippen LogP contribution >= 0.6 is 27.5 Å². The van der Waals surface area contributed by atoms with E-state index in [-0.39, 0.29) is 5.54 Å². The molecule has 4 bridgehead atoms. The molecule has 2 aromatic rings. The lowest BCUT2D eigenvalue weighted by atomic mass is 9.43. The van der Waals surface area contributed by atoms with Crippen molar-refractivity contribution < 1.29 is 9.47 Å². The lowest BCUT2D eigenvalue weighted by Crippen LogP contribution is -2.63. The van der Waals surface area contributed by atoms with Gasteiger partial charge in [-0.3, -0.25) is 0 Å². The molecule has 4 aliphatic rings. The Bertz CT molecular complexity index is 989. The van der Waals surface area contributed by atoms with E-state index in [1.807, 2.05) is 24.3 Å². The van der Waals surface area contributed by atoms with Crippen molar-refractivity contribution in [2.45, 2.75) is 71.1 Å². The summed E-state index contributed by atoms with van der Waals surface area (Å²) in [6.45, 7) is 6.37. The average molecular weight is 519 g/mol. The second kappa shape index (κ2) is 8.21. The fourth-order valence-corrected chi connectivity index (χ4v) is 8.42. The molecule has 0 saturated heterocycles. The van der Waals surface area contributed by atoms with E-state index < -0.39 is 0 Å². The molecule has 0 amide bonds. The summed E-state index contributed by atoms with van der Waals surface area (Å²) in [6, 6.07) is 12.0. The summed E-state index contributed by atoms with van der Waals surface area (Å²) in [5, 5.41) is 4.75. The van der Waals surface area contributed by atoms with Crippen LogP contribution < -0.4 is 14.8 Å². The van der Waals surface area contributed by atoms with Crippen molar-refractivity contribution in [2.24, 2.45) is 16.7 Å². The van der Waals surface area contributed by atoms with E-state index in [0.717, 1.165) is 39.0 Å². The van der Waals surface area contributed by atoms with Crippen LogP contribution in [-0.4, -0.2) is 12.6 Å². The van der Waals surface area contributed by atoms with Crippen LogP contribution in [0.5, 0.6) is 11.5 Å². The van der Waals surface area contributed by atoms with Gasteiger partial charge in [-0.1, -0.05) is 37.6 Å². The first kappa shape index (κ1) is 22.6. The van der Waals surface area contributed by atoms with Crippen molar-refractivity contribution in [3.63, 3.8) is 0 Å². The first-order chi connectivity index (χ1) is 15.2. The summed E-state index contributed by atoms with van der Waals surface area (Å²) in [6.07, 6.45) is 8.20. The zero-order chi connectivity index (χ0) is 22.6. The molecule has 3 nitrogen and oxygen atoms in total. The zero-order valence-corrected chi connectivity index (χ0v) is 21.6. The topological polar surface area (TPSA) is 30.5 Å². The number of hydrogen-bond acceptors (Lipinski definition) is 3. The highest BCUT2D eigenvalue weighted by atomic mass is 79.9. The Hall–Kier alpha value is -1.23. The van der Waals surface area contributed by atoms with Gasteiger partial charge in [-0.25, -0.2) is 0 Å². The van der Waals surface area contributed by atoms with Crippen molar-refractivity contribution >= 4 is 27.5 Å². The van der Waals surface area contributed by atoms with Crippen LogP contribution in [0.15, 0.2) is 40.9 Å². The van der Waals surface area contributed by atoms with Crippen molar-refractivity contribution in [3.8, 4) is 11.5 Å². The highest BCUT2D eigenvalue weighted by molar-refractivity contribution is 9.10. The Labute approximate surface area is 205 Å². The number of halogens is 2. The Morgan fingerprint density at radius 3 is 2.31 bits per heavy atom. The van der Waals surface area contributed by atoms with Gasteiger partial charge in [0.2, 0.25) is 0 Å². The maximum absolute atomic E-state index is 6.11. The van der Waals surface area contributed by atoms with E-state index in [0.29, 0.717) is 17.4 Å². The van der Waals surface area contributed by atoms with Crippen molar-refractivity contribution in [1.29, 1.82) is 0 Å². The molecule has 0 aliphatic heterocycles. The minimum Gasteiger partial charge on any atom is -0.493 e. The van der Waals surface area contributed by atoms with Gasteiger partial charge in [-0.2, -0.15) is 0 Å². The highest BCUT2D eigenvalue weighted by Gasteiger charge is 2.59. The third kappa shape index (κ3) is 4.43. The molecule has 4 saturated carbocycles. The summed E-state index contributed by atoms with van der Waals surface area (Å²) in [5.74, 6) is 2.38. The molecule has 32 heavy (non-hydrogen) atoms. The lowest BCUT2D eigenvalue weighted by molar-refractivity contribution is -0.118. The highest BCUT2D eigenvalue weighted by Crippen LogP contribution is 2.66. The maximum atomic E-state index is 6.11. The molecule has 0 spiro atoms. The van der Waals surface area contributed by atoms with Crippen molar-refractivity contribution in [2.75, 3.05) is 7.11 Å². The smallest absolute Gasteiger partial charge is 0.175 e. The quantitative estimate of drug-likeness (QED) is 0.411. The van der Waals surface area contributed by atoms with Gasteiger partial charge in [0.05, 0.1) is 11.6 Å². The molecule has 5 heteroatoms. The van der Waals surface area contributed by atoms with Crippen LogP contribution in [0.3, 0.4) is 0 Å². The van der Waals surface area contributed by atoms with Crippen LogP contribution in [0, 0.1) is 16.7 Å². The molecule has 0 aromatic heterocycles. The number of benzene rings is 2. The maximum Gasteiger partial charge on any atom is 0.175 e. The van der Waals surface area contributed by atoms with Crippen LogP contribution in [0.25, 0.3) is 0 Å². The van der Waals surface area contributed by atoms with E-state index >= 15 is 0 Å². The van der Waals surface area contributed by atoms with E-state index in [4.69, 9.17) is 21.1 Å². The number of methoxy groups -OCH3 is 1. The molecule has 6 rings (SSSR count). The standard InChI is InChI=1S/C27H33BrClNO2/c1-25-10-20-11-26(2,15-25)17-27(12-20,16-25)30-13-19-8-22(28)24(23(9-19)31-3)32-14-18-4-6-21(29)7-5-18/h4-9,20,30H,10-17H2,1-3H3. The minimum atomic E-state index is 0.284. The summed E-state index contributed by atoms with van der Waals surface area (Å²) in [7, 11) is 1.70. The fraction of sp³-hybridized carbons (Fsp3) is 0.556. The SMILES string of the molecule is COc1cc(CNC23CC4CC(C)(CC(C)(C4)C2)C3)cc(Br)c1OCc1ccc(Cl)cc1. The summed E-state index contributed by atoms with van der Waals surface area (Å²) >= 11 is 9.71. The Morgan fingerprint density at radius 2 is 1.69 bits per heavy atom. The molecule has 0 heterocycles. The molecule has 2 atom stereocenters. The van der Waals surface area contributed by atoms with E-state index in [1.165, 1.54) is 44.1 Å². The van der Waals surface area contributed by atoms with E-state index in [1.54, 1.807) is 7.11 Å². The summed E-state index contributed by atoms with van der Waals surface area (Å²) < 4.78 is 12.7. The van der Waals surface area contributed by atoms with Gasteiger partial charge in [0.1, 0.15) is 6.61 Å². The number of ether oxygens (including phenoxy) is 2. The second-order valence-electron chi connectivity index (χ2n) is 11.3. The van der Waals surface area contributed by atoms with Gasteiger partial charge in [0.15, 0.2) is 11.5 Å². The van der Waals surface area contributed by atoms with E-state index in [9.17, 15) is 0 Å². The summed E-state index contributed by atoms with van der Waals surface area (Å²) in [5.41, 5.74) is 3.60. The first-order valence-electron chi connectivity index (χ1n) is 11.7. The van der Waals surface area contributed by atoms with Crippen molar-refractivity contribution in [3.05, 3.63) is 57.0 Å². The molecule has 172 valence electrons. The molecule has 0 radical (unpaired) electrons. The van der Waals surface area contributed by atoms with Crippen LogP contribution in [-0.2, 0) is 13.2 Å². The largest absolute Gasteiger partial charge is 0.493 e.